The summed E-state index contributed by atoms with van der Waals surface area (Å²) in [5.41, 5.74) is 2.13. The third-order valence-corrected chi connectivity index (χ3v) is 9.71. The zero-order chi connectivity index (χ0) is 32.4. The average Bonchev–Trinajstić information content (AvgIpc) is 3.68. The van der Waals surface area contributed by atoms with E-state index in [0.717, 1.165) is 25.7 Å². The second-order valence-electron chi connectivity index (χ2n) is 12.9. The molecule has 3 atom stereocenters. The number of piperidine rings is 1. The quantitative estimate of drug-likeness (QED) is 0.363. The van der Waals surface area contributed by atoms with Gasteiger partial charge in [-0.05, 0) is 44.1 Å². The first-order valence-corrected chi connectivity index (χ1v) is 16.3. The normalized spacial score (nSPS) is 25.4. The number of morpholine rings is 1. The lowest BCUT2D eigenvalue weighted by Gasteiger charge is -2.32. The number of nitrogens with one attached hydrogen (secondary N) is 2. The fraction of sp³-hybridized carbons (Fsp3) is 0.677. The summed E-state index contributed by atoms with van der Waals surface area (Å²) in [6.07, 6.45) is 2.63. The topological polar surface area (TPSA) is 132 Å². The number of amides is 2. The SMILES string of the molecule is CCn1nccc1C(=O)N[C@H](c1cn2nc(C[C@H]3C[C@@H](C(F)(F)F)CNC3=O)c(CN3CCOCC3)nc2n1)C1CCC(C)CC1. The van der Waals surface area contributed by atoms with E-state index in [4.69, 9.17) is 19.8 Å². The summed E-state index contributed by atoms with van der Waals surface area (Å²) in [6, 6.07) is 1.30. The number of hydrogen-bond donors (Lipinski definition) is 2. The van der Waals surface area contributed by atoms with Crippen molar-refractivity contribution in [1.82, 2.24) is 44.9 Å². The maximum atomic E-state index is 13.6. The minimum Gasteiger partial charge on any atom is -0.379 e. The van der Waals surface area contributed by atoms with E-state index < -0.39 is 36.5 Å². The van der Waals surface area contributed by atoms with Crippen molar-refractivity contribution in [2.24, 2.45) is 23.7 Å². The van der Waals surface area contributed by atoms with E-state index in [-0.39, 0.29) is 24.7 Å². The minimum atomic E-state index is -4.40. The number of hydrogen-bond acceptors (Lipinski definition) is 8. The highest BCUT2D eigenvalue weighted by atomic mass is 19.4. The predicted octanol–water partition coefficient (Wildman–Crippen LogP) is 3.33. The van der Waals surface area contributed by atoms with E-state index in [9.17, 15) is 22.8 Å². The van der Waals surface area contributed by atoms with Crippen LogP contribution < -0.4 is 10.6 Å². The molecular weight excluding hydrogens is 603 g/mol. The number of aryl methyl sites for hydroxylation is 1. The number of rotatable bonds is 9. The van der Waals surface area contributed by atoms with Gasteiger partial charge in [0.15, 0.2) is 0 Å². The van der Waals surface area contributed by atoms with Crippen molar-refractivity contribution in [3.63, 3.8) is 0 Å². The van der Waals surface area contributed by atoms with Crippen LogP contribution in [0.5, 0.6) is 0 Å². The number of halogens is 3. The second kappa shape index (κ2) is 13.6. The van der Waals surface area contributed by atoms with Gasteiger partial charge in [-0.1, -0.05) is 19.8 Å². The molecule has 0 aromatic carbocycles. The molecule has 2 N–H and O–H groups in total. The van der Waals surface area contributed by atoms with Crippen molar-refractivity contribution >= 4 is 17.6 Å². The van der Waals surface area contributed by atoms with Crippen LogP contribution in [0.4, 0.5) is 13.2 Å². The summed E-state index contributed by atoms with van der Waals surface area (Å²) in [4.78, 5) is 38.1. The molecule has 1 saturated carbocycles. The Morgan fingerprint density at radius 2 is 1.91 bits per heavy atom. The number of fused-ring (bicyclic) bond motifs is 1. The molecule has 5 heterocycles. The van der Waals surface area contributed by atoms with Gasteiger partial charge in [0.05, 0.1) is 48.5 Å². The zero-order valence-corrected chi connectivity index (χ0v) is 26.3. The van der Waals surface area contributed by atoms with Crippen molar-refractivity contribution in [2.75, 3.05) is 32.8 Å². The first-order valence-electron chi connectivity index (χ1n) is 16.3. The molecular formula is C31H42F3N9O3. The molecule has 2 saturated heterocycles. The van der Waals surface area contributed by atoms with E-state index in [1.807, 2.05) is 6.92 Å². The van der Waals surface area contributed by atoms with Crippen molar-refractivity contribution < 1.29 is 27.5 Å². The molecule has 2 amide bonds. The highest BCUT2D eigenvalue weighted by Gasteiger charge is 2.45. The number of ether oxygens (including phenoxy) is 1. The summed E-state index contributed by atoms with van der Waals surface area (Å²) in [5, 5.41) is 14.7. The van der Waals surface area contributed by atoms with E-state index >= 15 is 0 Å². The molecule has 0 bridgehead atoms. The lowest BCUT2D eigenvalue weighted by molar-refractivity contribution is -0.183. The fourth-order valence-corrected chi connectivity index (χ4v) is 6.91. The number of imidazole rings is 1. The number of carbonyl (C=O) groups excluding carboxylic acids is 2. The average molecular weight is 646 g/mol. The van der Waals surface area contributed by atoms with Gasteiger partial charge in [0, 0.05) is 51.3 Å². The molecule has 15 heteroatoms. The van der Waals surface area contributed by atoms with Crippen molar-refractivity contribution in [3.05, 3.63) is 41.2 Å². The molecule has 3 aromatic heterocycles. The van der Waals surface area contributed by atoms with Gasteiger partial charge in [0.2, 0.25) is 5.91 Å². The van der Waals surface area contributed by atoms with Gasteiger partial charge in [0.1, 0.15) is 5.69 Å². The first-order chi connectivity index (χ1) is 22.1. The Morgan fingerprint density at radius 3 is 2.63 bits per heavy atom. The first kappa shape index (κ1) is 32.4. The van der Waals surface area contributed by atoms with Gasteiger partial charge < -0.3 is 15.4 Å². The Kier molecular flexibility index (Phi) is 9.59. The number of alkyl halides is 3. The smallest absolute Gasteiger partial charge is 0.379 e. The van der Waals surface area contributed by atoms with Crippen LogP contribution in [-0.4, -0.2) is 85.1 Å². The highest BCUT2D eigenvalue weighted by molar-refractivity contribution is 5.92. The molecule has 2 aliphatic heterocycles. The predicted molar refractivity (Wildman–Crippen MR) is 160 cm³/mol. The maximum absolute atomic E-state index is 13.6. The van der Waals surface area contributed by atoms with Crippen molar-refractivity contribution in [1.29, 1.82) is 0 Å². The van der Waals surface area contributed by atoms with Gasteiger partial charge in [-0.3, -0.25) is 19.2 Å². The Morgan fingerprint density at radius 1 is 1.15 bits per heavy atom. The Bertz CT molecular complexity index is 1530. The van der Waals surface area contributed by atoms with Crippen LogP contribution in [0, 0.1) is 23.7 Å². The molecule has 3 aromatic rings. The largest absolute Gasteiger partial charge is 0.393 e. The van der Waals surface area contributed by atoms with Gasteiger partial charge >= 0.3 is 6.18 Å². The summed E-state index contributed by atoms with van der Waals surface area (Å²) in [6.45, 7) is 7.19. The second-order valence-corrected chi connectivity index (χ2v) is 12.9. The van der Waals surface area contributed by atoms with Crippen LogP contribution in [0.2, 0.25) is 0 Å². The van der Waals surface area contributed by atoms with Gasteiger partial charge in [-0.2, -0.15) is 23.4 Å². The van der Waals surface area contributed by atoms with E-state index in [1.54, 1.807) is 23.1 Å². The number of aromatic nitrogens is 6. The summed E-state index contributed by atoms with van der Waals surface area (Å²) in [7, 11) is 0. The van der Waals surface area contributed by atoms with Crippen molar-refractivity contribution in [2.45, 2.75) is 77.7 Å². The lowest BCUT2D eigenvalue weighted by atomic mass is 9.78. The maximum Gasteiger partial charge on any atom is 0.393 e. The zero-order valence-electron chi connectivity index (χ0n) is 26.3. The van der Waals surface area contributed by atoms with Crippen LogP contribution in [-0.2, 0) is 29.0 Å². The van der Waals surface area contributed by atoms with Crippen LogP contribution in [0.15, 0.2) is 18.5 Å². The van der Waals surface area contributed by atoms with Crippen LogP contribution in [0.3, 0.4) is 0 Å². The van der Waals surface area contributed by atoms with Crippen LogP contribution >= 0.6 is 0 Å². The van der Waals surface area contributed by atoms with E-state index in [0.29, 0.717) is 73.9 Å². The Balaban J connectivity index is 1.34. The monoisotopic (exact) mass is 645 g/mol. The standard InChI is InChI=1S/C31H42F3N9O3/c1-3-42-26(8-9-36-42)29(45)39-27(20-6-4-19(2)5-7-20)25-18-43-30(38-25)37-24(17-41-10-12-46-13-11-41)23(40-43)15-21-14-22(31(32,33)34)16-35-28(21)44/h8-9,18-22,27H,3-7,10-17H2,1-2H3,(H,35,44)(H,39,45)/t19?,20?,21-,22-,27+/m1/s1. The van der Waals surface area contributed by atoms with E-state index in [1.165, 1.54) is 4.52 Å². The molecule has 3 aliphatic rings. The Hall–Kier alpha value is -3.59. The minimum absolute atomic E-state index is 0.0240. The molecule has 0 radical (unpaired) electrons. The molecule has 12 nitrogen and oxygen atoms in total. The number of nitrogens with zero attached hydrogens (tertiary/aromatic N) is 7. The molecule has 250 valence electrons. The molecule has 3 fully saturated rings. The third-order valence-electron chi connectivity index (χ3n) is 9.71. The summed E-state index contributed by atoms with van der Waals surface area (Å²) < 4.78 is 49.5. The molecule has 1 aliphatic carbocycles. The van der Waals surface area contributed by atoms with Gasteiger partial charge in [0.25, 0.3) is 11.7 Å². The van der Waals surface area contributed by atoms with Crippen molar-refractivity contribution in [3.8, 4) is 0 Å². The number of carbonyl (C=O) groups is 2. The Labute approximate surface area is 265 Å². The molecule has 0 spiro atoms. The lowest BCUT2D eigenvalue weighted by Crippen LogP contribution is -2.47. The fourth-order valence-electron chi connectivity index (χ4n) is 6.91. The van der Waals surface area contributed by atoms with Gasteiger partial charge in [-0.15, -0.1) is 0 Å². The van der Waals surface area contributed by atoms with E-state index in [2.05, 4.69) is 27.6 Å². The van der Waals surface area contributed by atoms with Crippen LogP contribution in [0.25, 0.3) is 5.78 Å². The highest BCUT2D eigenvalue weighted by Crippen LogP contribution is 2.37. The summed E-state index contributed by atoms with van der Waals surface area (Å²) >= 11 is 0. The molecule has 6 rings (SSSR count). The molecule has 0 unspecified atom stereocenters. The summed E-state index contributed by atoms with van der Waals surface area (Å²) in [5.74, 6) is -2.05. The van der Waals surface area contributed by atoms with Crippen LogP contribution in [0.1, 0.15) is 79.6 Å². The third kappa shape index (κ3) is 7.19. The molecule has 46 heavy (non-hydrogen) atoms. The van der Waals surface area contributed by atoms with Gasteiger partial charge in [-0.25, -0.2) is 14.5 Å².